The molecule has 3 atom stereocenters. The third kappa shape index (κ3) is 2.48. The highest BCUT2D eigenvalue weighted by molar-refractivity contribution is 9.10. The summed E-state index contributed by atoms with van der Waals surface area (Å²) < 4.78 is 14.0. The van der Waals surface area contributed by atoms with Gasteiger partial charge in [0.05, 0.1) is 0 Å². The highest BCUT2D eigenvalue weighted by Gasteiger charge is 2.47. The Kier molecular flexibility index (Phi) is 3.46. The Morgan fingerprint density at radius 2 is 2.06 bits per heavy atom. The predicted molar refractivity (Wildman–Crippen MR) is 75.0 cm³/mol. The molecule has 0 saturated heterocycles. The molecule has 1 nitrogen and oxygen atoms in total. The lowest BCUT2D eigenvalue weighted by Gasteiger charge is -2.25. The van der Waals surface area contributed by atoms with E-state index in [1.54, 1.807) is 12.1 Å². The van der Waals surface area contributed by atoms with Crippen molar-refractivity contribution < 1.29 is 4.39 Å². The lowest BCUT2D eigenvalue weighted by atomic mass is 9.90. The summed E-state index contributed by atoms with van der Waals surface area (Å²) in [5.74, 6) is 2.66. The van der Waals surface area contributed by atoms with E-state index >= 15 is 0 Å². The Hall–Kier alpha value is -0.410. The van der Waals surface area contributed by atoms with Crippen LogP contribution in [0.2, 0.25) is 0 Å². The smallest absolute Gasteiger partial charge is 0.124 e. The van der Waals surface area contributed by atoms with E-state index in [4.69, 9.17) is 0 Å². The van der Waals surface area contributed by atoms with Gasteiger partial charge in [-0.1, -0.05) is 22.0 Å². The second-order valence-electron chi connectivity index (χ2n) is 5.82. The Balaban J connectivity index is 1.69. The summed E-state index contributed by atoms with van der Waals surface area (Å²) in [6.45, 7) is 0. The Bertz CT molecular complexity index is 438. The molecule has 2 saturated carbocycles. The largest absolute Gasteiger partial charge is 0.316 e. The molecular weight excluding hydrogens is 293 g/mol. The Morgan fingerprint density at radius 3 is 2.67 bits per heavy atom. The number of benzene rings is 1. The van der Waals surface area contributed by atoms with Gasteiger partial charge in [-0.2, -0.15) is 0 Å². The van der Waals surface area contributed by atoms with E-state index in [1.165, 1.54) is 24.8 Å². The number of rotatable bonds is 4. The molecule has 2 aliphatic carbocycles. The summed E-state index contributed by atoms with van der Waals surface area (Å²) in [4.78, 5) is 0. The van der Waals surface area contributed by atoms with Crippen LogP contribution in [0.1, 0.15) is 24.8 Å². The quantitative estimate of drug-likeness (QED) is 0.892. The summed E-state index contributed by atoms with van der Waals surface area (Å²) >= 11 is 3.47. The number of hydrogen-bond donors (Lipinski definition) is 1. The first kappa shape index (κ1) is 12.6. The fourth-order valence-electron chi connectivity index (χ4n) is 3.52. The topological polar surface area (TPSA) is 12.0 Å². The summed E-state index contributed by atoms with van der Waals surface area (Å²) in [6, 6.07) is 5.55. The summed E-state index contributed by atoms with van der Waals surface area (Å²) in [6.07, 6.45) is 5.22. The van der Waals surface area contributed by atoms with Crippen molar-refractivity contribution >= 4 is 15.9 Å². The Labute approximate surface area is 116 Å². The van der Waals surface area contributed by atoms with Gasteiger partial charge in [-0.25, -0.2) is 4.39 Å². The molecule has 3 heteroatoms. The second kappa shape index (κ2) is 4.93. The van der Waals surface area contributed by atoms with Crippen LogP contribution in [0.25, 0.3) is 0 Å². The highest BCUT2D eigenvalue weighted by atomic mass is 79.9. The zero-order valence-electron chi connectivity index (χ0n) is 10.6. The molecule has 1 aromatic carbocycles. The maximum Gasteiger partial charge on any atom is 0.124 e. The second-order valence-corrected chi connectivity index (χ2v) is 6.68. The minimum Gasteiger partial charge on any atom is -0.316 e. The van der Waals surface area contributed by atoms with Gasteiger partial charge in [0, 0.05) is 10.5 Å². The number of nitrogens with one attached hydrogen (secondary N) is 1. The van der Waals surface area contributed by atoms with Crippen LogP contribution in [-0.4, -0.2) is 13.1 Å². The molecule has 1 aromatic rings. The van der Waals surface area contributed by atoms with Crippen molar-refractivity contribution in [2.45, 2.75) is 31.7 Å². The molecule has 0 bridgehead atoms. The van der Waals surface area contributed by atoms with E-state index in [2.05, 4.69) is 21.2 Å². The van der Waals surface area contributed by atoms with Crippen molar-refractivity contribution in [2.75, 3.05) is 7.05 Å². The van der Waals surface area contributed by atoms with Crippen LogP contribution in [-0.2, 0) is 6.42 Å². The van der Waals surface area contributed by atoms with E-state index in [9.17, 15) is 4.39 Å². The minimum absolute atomic E-state index is 0.172. The molecule has 3 rings (SSSR count). The maximum absolute atomic E-state index is 13.1. The lowest BCUT2D eigenvalue weighted by molar-refractivity contribution is 0.349. The van der Waals surface area contributed by atoms with Gasteiger partial charge in [-0.15, -0.1) is 0 Å². The number of halogens is 2. The predicted octanol–water partition coefficient (Wildman–Crippen LogP) is 3.76. The molecule has 2 fully saturated rings. The average Bonchev–Trinajstić information content (AvgIpc) is 2.95. The molecule has 0 spiro atoms. The normalized spacial score (nSPS) is 31.2. The standard InChI is InChI=1S/C15H19BrFN/c1-18-15(12-5-10-4-11(10)6-12)7-9-2-3-13(17)8-14(9)16/h2-3,8,10-12,15,18H,4-7H2,1H3. The van der Waals surface area contributed by atoms with Crippen LogP contribution in [0.4, 0.5) is 4.39 Å². The molecule has 0 heterocycles. The first-order chi connectivity index (χ1) is 8.67. The molecule has 0 amide bonds. The van der Waals surface area contributed by atoms with Crippen LogP contribution in [0.15, 0.2) is 22.7 Å². The molecule has 0 radical (unpaired) electrons. The van der Waals surface area contributed by atoms with Crippen molar-refractivity contribution in [3.63, 3.8) is 0 Å². The van der Waals surface area contributed by atoms with Crippen LogP contribution in [0.5, 0.6) is 0 Å². The third-order valence-corrected chi connectivity index (χ3v) is 5.41. The van der Waals surface area contributed by atoms with E-state index < -0.39 is 0 Å². The van der Waals surface area contributed by atoms with Crippen molar-refractivity contribution in [1.29, 1.82) is 0 Å². The molecule has 1 N–H and O–H groups in total. The van der Waals surface area contributed by atoms with Gasteiger partial charge in [-0.05, 0) is 68.2 Å². The molecule has 0 aliphatic heterocycles. The van der Waals surface area contributed by atoms with Gasteiger partial charge >= 0.3 is 0 Å². The van der Waals surface area contributed by atoms with Crippen molar-refractivity contribution in [3.8, 4) is 0 Å². The number of hydrogen-bond acceptors (Lipinski definition) is 1. The highest BCUT2D eigenvalue weighted by Crippen LogP contribution is 2.55. The van der Waals surface area contributed by atoms with Gasteiger partial charge in [0.1, 0.15) is 5.82 Å². The molecular formula is C15H19BrFN. The maximum atomic E-state index is 13.1. The molecule has 98 valence electrons. The van der Waals surface area contributed by atoms with Crippen molar-refractivity contribution in [1.82, 2.24) is 5.32 Å². The summed E-state index contributed by atoms with van der Waals surface area (Å²) in [5.41, 5.74) is 1.20. The van der Waals surface area contributed by atoms with Gasteiger partial charge in [0.15, 0.2) is 0 Å². The third-order valence-electron chi connectivity index (χ3n) is 4.67. The SMILES string of the molecule is CNC(Cc1ccc(F)cc1Br)C1CC2CC2C1. The number of likely N-dealkylation sites (N-methyl/N-ethyl adjacent to an activating group) is 1. The first-order valence-electron chi connectivity index (χ1n) is 6.78. The van der Waals surface area contributed by atoms with Crippen molar-refractivity contribution in [3.05, 3.63) is 34.1 Å². The fraction of sp³-hybridized carbons (Fsp3) is 0.600. The monoisotopic (exact) mass is 311 g/mol. The zero-order valence-corrected chi connectivity index (χ0v) is 12.2. The molecule has 2 aliphatic rings. The van der Waals surface area contributed by atoms with Gasteiger partial charge in [-0.3, -0.25) is 0 Å². The van der Waals surface area contributed by atoms with Gasteiger partial charge < -0.3 is 5.32 Å². The van der Waals surface area contributed by atoms with Crippen LogP contribution >= 0.6 is 15.9 Å². The lowest BCUT2D eigenvalue weighted by Crippen LogP contribution is -2.35. The van der Waals surface area contributed by atoms with E-state index in [1.807, 2.05) is 13.1 Å². The zero-order chi connectivity index (χ0) is 12.7. The summed E-state index contributed by atoms with van der Waals surface area (Å²) in [5, 5.41) is 3.46. The first-order valence-corrected chi connectivity index (χ1v) is 7.58. The van der Waals surface area contributed by atoms with Crippen LogP contribution in [0, 0.1) is 23.6 Å². The van der Waals surface area contributed by atoms with Gasteiger partial charge in [0.25, 0.3) is 0 Å². The van der Waals surface area contributed by atoms with Crippen LogP contribution < -0.4 is 5.32 Å². The van der Waals surface area contributed by atoms with E-state index in [0.29, 0.717) is 6.04 Å². The molecule has 0 aromatic heterocycles. The molecule has 18 heavy (non-hydrogen) atoms. The molecule has 3 unspecified atom stereocenters. The Morgan fingerprint density at radius 1 is 1.33 bits per heavy atom. The summed E-state index contributed by atoms with van der Waals surface area (Å²) in [7, 11) is 2.05. The average molecular weight is 312 g/mol. The van der Waals surface area contributed by atoms with Gasteiger partial charge in [0.2, 0.25) is 0 Å². The number of fused-ring (bicyclic) bond motifs is 1. The minimum atomic E-state index is -0.172. The van der Waals surface area contributed by atoms with E-state index in [0.717, 1.165) is 28.6 Å². The van der Waals surface area contributed by atoms with Crippen LogP contribution in [0.3, 0.4) is 0 Å². The van der Waals surface area contributed by atoms with E-state index in [-0.39, 0.29) is 5.82 Å². The fourth-order valence-corrected chi connectivity index (χ4v) is 4.03. The van der Waals surface area contributed by atoms with Crippen molar-refractivity contribution in [2.24, 2.45) is 17.8 Å².